The van der Waals surface area contributed by atoms with Crippen LogP contribution in [-0.4, -0.2) is 40.8 Å². The van der Waals surface area contributed by atoms with Gasteiger partial charge in [0.15, 0.2) is 5.78 Å². The second-order valence-corrected chi connectivity index (χ2v) is 8.65. The van der Waals surface area contributed by atoms with Gasteiger partial charge in [0.05, 0.1) is 6.21 Å². The van der Waals surface area contributed by atoms with Crippen LogP contribution in [0.3, 0.4) is 0 Å². The van der Waals surface area contributed by atoms with E-state index >= 15 is 0 Å². The maximum atomic E-state index is 13.7. The zero-order valence-corrected chi connectivity index (χ0v) is 17.4. The van der Waals surface area contributed by atoms with Crippen molar-refractivity contribution in [3.05, 3.63) is 71.3 Å². The fourth-order valence-electron chi connectivity index (χ4n) is 5.20. The number of nitrogens with zero attached hydrogens (tertiary/aromatic N) is 2. The largest absolute Gasteiger partial charge is 0.422 e. The first kappa shape index (κ1) is 19.5. The Morgan fingerprint density at radius 3 is 2.23 bits per heavy atom. The molecule has 2 aromatic rings. The predicted molar refractivity (Wildman–Crippen MR) is 111 cm³/mol. The summed E-state index contributed by atoms with van der Waals surface area (Å²) in [7, 11) is 0. The van der Waals surface area contributed by atoms with E-state index in [9.17, 15) is 14.4 Å². The molecule has 0 bridgehead atoms. The second kappa shape index (κ2) is 6.51. The number of fused-ring (bicyclic) bond motifs is 4. The van der Waals surface area contributed by atoms with Gasteiger partial charge in [-0.25, -0.2) is 0 Å². The Morgan fingerprint density at radius 1 is 0.968 bits per heavy atom. The molecule has 7 nitrogen and oxygen atoms in total. The van der Waals surface area contributed by atoms with Crippen molar-refractivity contribution in [2.24, 2.45) is 10.5 Å². The zero-order chi connectivity index (χ0) is 22.0. The molecule has 31 heavy (non-hydrogen) atoms. The molecule has 3 heterocycles. The monoisotopic (exact) mass is 418 g/mol. The third-order valence-electron chi connectivity index (χ3n) is 6.34. The Labute approximate surface area is 179 Å². The number of hydrogen-bond acceptors (Lipinski definition) is 7. The smallest absolute Gasteiger partial charge is 0.330 e. The zero-order valence-electron chi connectivity index (χ0n) is 17.4. The number of carbonyl (C=O) groups is 3. The number of rotatable bonds is 2. The lowest BCUT2D eigenvalue weighted by Crippen LogP contribution is -2.58. The lowest BCUT2D eigenvalue weighted by atomic mass is 9.65. The number of cyclic esters (lactones) is 2. The molecule has 2 aromatic carbocycles. The average Bonchev–Trinajstić information content (AvgIpc) is 3.05. The Morgan fingerprint density at radius 2 is 1.58 bits per heavy atom. The van der Waals surface area contributed by atoms with Crippen molar-refractivity contribution in [2.75, 3.05) is 0 Å². The number of carbonyl (C=O) groups excluding carboxylic acids is 3. The number of hydrogen-bond donors (Lipinski definition) is 0. The van der Waals surface area contributed by atoms with Crippen LogP contribution in [0.4, 0.5) is 0 Å². The van der Waals surface area contributed by atoms with Gasteiger partial charge in [-0.3, -0.25) is 19.4 Å². The van der Waals surface area contributed by atoms with E-state index in [0.717, 1.165) is 11.1 Å². The number of ether oxygens (including phenoxy) is 2. The summed E-state index contributed by atoms with van der Waals surface area (Å²) in [6.45, 7) is 4.50. The summed E-state index contributed by atoms with van der Waals surface area (Å²) in [6.07, 6.45) is 1.66. The minimum Gasteiger partial charge on any atom is -0.422 e. The molecule has 0 N–H and O–H groups in total. The van der Waals surface area contributed by atoms with E-state index in [0.29, 0.717) is 5.56 Å². The van der Waals surface area contributed by atoms with Gasteiger partial charge in [0.1, 0.15) is 12.1 Å². The highest BCUT2D eigenvalue weighted by atomic mass is 16.7. The molecule has 7 heteroatoms. The summed E-state index contributed by atoms with van der Waals surface area (Å²) in [5.41, 5.74) is 0.417. The number of Topliss-reactive ketones (excluding diaryl/α,β-unsaturated/α-hetero) is 1. The van der Waals surface area contributed by atoms with Gasteiger partial charge in [-0.2, -0.15) is 5.10 Å². The van der Waals surface area contributed by atoms with Crippen molar-refractivity contribution in [2.45, 2.75) is 44.6 Å². The molecule has 5 rings (SSSR count). The standard InChI is InChI=1S/C24H22N2O5/c1-14(27)19-18(15-9-5-4-6-10-15)24(21(28)30-23(2,3)31-22(24)29)20-17-12-8-7-11-16(17)13-25-26(19)20/h4-13,18-20H,1-3H3. The summed E-state index contributed by atoms with van der Waals surface area (Å²) >= 11 is 0. The fraction of sp³-hybridized carbons (Fsp3) is 0.333. The summed E-state index contributed by atoms with van der Waals surface area (Å²) in [5, 5.41) is 6.12. The van der Waals surface area contributed by atoms with Crippen molar-refractivity contribution in [1.29, 1.82) is 0 Å². The lowest BCUT2D eigenvalue weighted by Gasteiger charge is -2.44. The minimum atomic E-state index is -1.78. The highest BCUT2D eigenvalue weighted by Crippen LogP contribution is 2.62. The molecule has 3 atom stereocenters. The van der Waals surface area contributed by atoms with Gasteiger partial charge >= 0.3 is 11.9 Å². The Kier molecular flexibility index (Phi) is 4.09. The molecular formula is C24H22N2O5. The van der Waals surface area contributed by atoms with Crippen LogP contribution >= 0.6 is 0 Å². The van der Waals surface area contributed by atoms with Crippen LogP contribution < -0.4 is 0 Å². The predicted octanol–water partition coefficient (Wildman–Crippen LogP) is 2.95. The highest BCUT2D eigenvalue weighted by molar-refractivity contribution is 6.07. The van der Waals surface area contributed by atoms with Crippen LogP contribution in [0.15, 0.2) is 59.7 Å². The molecule has 3 unspecified atom stereocenters. The number of esters is 2. The van der Waals surface area contributed by atoms with Crippen LogP contribution in [0.2, 0.25) is 0 Å². The van der Waals surface area contributed by atoms with Crippen molar-refractivity contribution >= 4 is 23.9 Å². The molecule has 0 saturated carbocycles. The van der Waals surface area contributed by atoms with E-state index in [2.05, 4.69) is 5.10 Å². The third kappa shape index (κ3) is 2.59. The Hall–Kier alpha value is -3.48. The van der Waals surface area contributed by atoms with Crippen LogP contribution in [0.25, 0.3) is 0 Å². The summed E-state index contributed by atoms with van der Waals surface area (Å²) in [5.74, 6) is -3.81. The van der Waals surface area contributed by atoms with Gasteiger partial charge in [-0.15, -0.1) is 0 Å². The van der Waals surface area contributed by atoms with E-state index < -0.39 is 41.1 Å². The summed E-state index contributed by atoms with van der Waals surface area (Å²) < 4.78 is 11.3. The minimum absolute atomic E-state index is 0.197. The summed E-state index contributed by atoms with van der Waals surface area (Å²) in [4.78, 5) is 40.4. The molecule has 2 fully saturated rings. The van der Waals surface area contributed by atoms with Gasteiger partial charge in [-0.1, -0.05) is 54.6 Å². The van der Waals surface area contributed by atoms with Gasteiger partial charge in [-0.05, 0) is 23.6 Å². The maximum Gasteiger partial charge on any atom is 0.330 e. The number of ketones is 1. The molecule has 0 aliphatic carbocycles. The van der Waals surface area contributed by atoms with E-state index in [1.54, 1.807) is 11.2 Å². The van der Waals surface area contributed by atoms with Crippen molar-refractivity contribution in [3.63, 3.8) is 0 Å². The van der Waals surface area contributed by atoms with Gasteiger partial charge in [0, 0.05) is 19.8 Å². The molecule has 0 amide bonds. The normalized spacial score (nSPS) is 27.3. The molecule has 0 aromatic heterocycles. The molecule has 3 aliphatic heterocycles. The first-order valence-corrected chi connectivity index (χ1v) is 10.2. The lowest BCUT2D eigenvalue weighted by molar-refractivity contribution is -0.254. The van der Waals surface area contributed by atoms with E-state index in [4.69, 9.17) is 9.47 Å². The topological polar surface area (TPSA) is 85.3 Å². The quantitative estimate of drug-likeness (QED) is 0.551. The molecule has 2 saturated heterocycles. The maximum absolute atomic E-state index is 13.7. The van der Waals surface area contributed by atoms with Crippen LogP contribution in [0, 0.1) is 5.41 Å². The first-order chi connectivity index (χ1) is 14.8. The second-order valence-electron chi connectivity index (χ2n) is 8.65. The average molecular weight is 418 g/mol. The van der Waals surface area contributed by atoms with E-state index in [1.807, 2.05) is 54.6 Å². The Balaban J connectivity index is 1.83. The van der Waals surface area contributed by atoms with Crippen LogP contribution in [0.1, 0.15) is 49.4 Å². The van der Waals surface area contributed by atoms with Gasteiger partial charge in [0.25, 0.3) is 5.79 Å². The van der Waals surface area contributed by atoms with Crippen molar-refractivity contribution in [1.82, 2.24) is 5.01 Å². The van der Waals surface area contributed by atoms with Crippen LogP contribution in [-0.2, 0) is 23.9 Å². The molecule has 0 radical (unpaired) electrons. The molecule has 3 aliphatic rings. The fourth-order valence-corrected chi connectivity index (χ4v) is 5.20. The Bertz CT molecular complexity index is 1100. The SMILES string of the molecule is CC(=O)C1C(c2ccccc2)C2(C(=O)OC(C)(C)OC2=O)C2c3ccccc3C=NN12. The van der Waals surface area contributed by atoms with E-state index in [-0.39, 0.29) is 5.78 Å². The highest BCUT2D eigenvalue weighted by Gasteiger charge is 2.74. The number of hydrazone groups is 1. The van der Waals surface area contributed by atoms with E-state index in [1.165, 1.54) is 20.8 Å². The molecule has 1 spiro atoms. The third-order valence-corrected chi connectivity index (χ3v) is 6.34. The van der Waals surface area contributed by atoms with Crippen molar-refractivity contribution in [3.8, 4) is 0 Å². The van der Waals surface area contributed by atoms with Gasteiger partial charge < -0.3 is 9.47 Å². The van der Waals surface area contributed by atoms with Crippen LogP contribution in [0.5, 0.6) is 0 Å². The molecular weight excluding hydrogens is 396 g/mol. The summed E-state index contributed by atoms with van der Waals surface area (Å²) in [6, 6.07) is 14.9. The molecule has 158 valence electrons. The van der Waals surface area contributed by atoms with Crippen molar-refractivity contribution < 1.29 is 23.9 Å². The van der Waals surface area contributed by atoms with Gasteiger partial charge in [0.2, 0.25) is 5.41 Å². The first-order valence-electron chi connectivity index (χ1n) is 10.2. The number of benzene rings is 2.